The number of methoxy groups -OCH3 is 1. The number of nitrogens with one attached hydrogen (secondary N) is 1. The first-order chi connectivity index (χ1) is 13.7. The van der Waals surface area contributed by atoms with E-state index < -0.39 is 0 Å². The lowest BCUT2D eigenvalue weighted by molar-refractivity contribution is -0.126. The molecule has 2 amide bonds. The van der Waals surface area contributed by atoms with Crippen LogP contribution in [-0.4, -0.2) is 50.0 Å². The summed E-state index contributed by atoms with van der Waals surface area (Å²) in [5, 5.41) is 2.84. The third kappa shape index (κ3) is 3.71. The van der Waals surface area contributed by atoms with E-state index in [2.05, 4.69) is 10.2 Å². The molecule has 0 radical (unpaired) electrons. The van der Waals surface area contributed by atoms with E-state index in [-0.39, 0.29) is 11.8 Å². The van der Waals surface area contributed by atoms with Gasteiger partial charge in [-0.1, -0.05) is 36.0 Å². The van der Waals surface area contributed by atoms with E-state index >= 15 is 0 Å². The number of para-hydroxylation sites is 3. The molecule has 28 heavy (non-hydrogen) atoms. The second-order valence-electron chi connectivity index (χ2n) is 6.55. The van der Waals surface area contributed by atoms with Crippen LogP contribution < -0.4 is 15.0 Å². The predicted octanol–water partition coefficient (Wildman–Crippen LogP) is 2.97. The smallest absolute Gasteiger partial charge is 0.262 e. The Morgan fingerprint density at radius 3 is 2.57 bits per heavy atom. The zero-order chi connectivity index (χ0) is 19.5. The van der Waals surface area contributed by atoms with Crippen molar-refractivity contribution in [3.8, 4) is 5.75 Å². The van der Waals surface area contributed by atoms with Crippen molar-refractivity contribution < 1.29 is 14.3 Å². The van der Waals surface area contributed by atoms with Gasteiger partial charge < -0.3 is 19.9 Å². The van der Waals surface area contributed by atoms with E-state index in [4.69, 9.17) is 4.74 Å². The number of hydrogen-bond acceptors (Lipinski definition) is 5. The first-order valence-electron chi connectivity index (χ1n) is 9.12. The van der Waals surface area contributed by atoms with Crippen LogP contribution >= 0.6 is 11.8 Å². The van der Waals surface area contributed by atoms with Crippen LogP contribution in [0.5, 0.6) is 5.75 Å². The summed E-state index contributed by atoms with van der Waals surface area (Å²) in [5.41, 5.74) is 1.82. The molecule has 0 aliphatic carbocycles. The van der Waals surface area contributed by atoms with E-state index in [1.807, 2.05) is 48.5 Å². The number of benzene rings is 2. The average molecular weight is 395 g/mol. The Morgan fingerprint density at radius 2 is 1.79 bits per heavy atom. The number of carbonyl (C=O) groups excluding carboxylic acids is 2. The maximum atomic E-state index is 12.7. The lowest BCUT2D eigenvalue weighted by Crippen LogP contribution is -2.48. The second kappa shape index (κ2) is 7.98. The van der Waals surface area contributed by atoms with Gasteiger partial charge in [-0.15, -0.1) is 0 Å². The summed E-state index contributed by atoms with van der Waals surface area (Å²) in [6.45, 7) is 2.64. The monoisotopic (exact) mass is 395 g/mol. The summed E-state index contributed by atoms with van der Waals surface area (Å²) in [6, 6.07) is 15.5. The maximum absolute atomic E-state index is 12.7. The van der Waals surface area contributed by atoms with Crippen molar-refractivity contribution in [2.24, 2.45) is 0 Å². The largest absolute Gasteiger partial charge is 0.495 e. The number of fused-ring (bicyclic) bond motifs is 1. The molecule has 1 saturated heterocycles. The van der Waals surface area contributed by atoms with E-state index in [0.717, 1.165) is 35.1 Å². The highest BCUT2D eigenvalue weighted by atomic mass is 32.2. The van der Waals surface area contributed by atoms with Gasteiger partial charge >= 0.3 is 0 Å². The van der Waals surface area contributed by atoms with Crippen LogP contribution in [-0.2, 0) is 9.59 Å². The van der Waals surface area contributed by atoms with E-state index in [1.54, 1.807) is 12.0 Å². The van der Waals surface area contributed by atoms with Gasteiger partial charge in [0.15, 0.2) is 0 Å². The van der Waals surface area contributed by atoms with Crippen LogP contribution in [0.4, 0.5) is 11.4 Å². The predicted molar refractivity (Wildman–Crippen MR) is 111 cm³/mol. The number of piperazine rings is 1. The summed E-state index contributed by atoms with van der Waals surface area (Å²) < 4.78 is 5.43. The zero-order valence-corrected chi connectivity index (χ0v) is 16.4. The molecule has 0 unspecified atom stereocenters. The van der Waals surface area contributed by atoms with Gasteiger partial charge in [-0.2, -0.15) is 0 Å². The third-order valence-electron chi connectivity index (χ3n) is 4.85. The molecule has 2 aromatic rings. The van der Waals surface area contributed by atoms with Gasteiger partial charge in [0.25, 0.3) is 5.91 Å². The summed E-state index contributed by atoms with van der Waals surface area (Å²) in [4.78, 5) is 30.4. The number of ether oxygens (including phenoxy) is 1. The molecule has 4 rings (SSSR count). The third-order valence-corrected chi connectivity index (χ3v) is 5.95. The molecule has 2 aliphatic heterocycles. The second-order valence-corrected chi connectivity index (χ2v) is 7.63. The quantitative estimate of drug-likeness (QED) is 0.810. The number of hydrogen-bond donors (Lipinski definition) is 1. The zero-order valence-electron chi connectivity index (χ0n) is 15.6. The molecule has 0 saturated carbocycles. The molecule has 0 atom stereocenters. The van der Waals surface area contributed by atoms with Gasteiger partial charge in [-0.05, 0) is 24.3 Å². The number of rotatable bonds is 3. The molecule has 6 nitrogen and oxygen atoms in total. The Morgan fingerprint density at radius 1 is 1.07 bits per heavy atom. The molecule has 0 spiro atoms. The molecule has 7 heteroatoms. The Balaban J connectivity index is 1.42. The molecule has 144 valence electrons. The van der Waals surface area contributed by atoms with Gasteiger partial charge in [0.05, 0.1) is 23.4 Å². The lowest BCUT2D eigenvalue weighted by Gasteiger charge is -2.36. The highest BCUT2D eigenvalue weighted by molar-refractivity contribution is 8.04. The minimum Gasteiger partial charge on any atom is -0.495 e. The van der Waals surface area contributed by atoms with Crippen molar-refractivity contribution >= 4 is 35.0 Å². The molecular formula is C21H21N3O3S. The van der Waals surface area contributed by atoms with Crippen molar-refractivity contribution in [3.05, 3.63) is 59.5 Å². The summed E-state index contributed by atoms with van der Waals surface area (Å²) in [7, 11) is 1.66. The van der Waals surface area contributed by atoms with Gasteiger partial charge in [0.1, 0.15) is 5.75 Å². The van der Waals surface area contributed by atoms with Crippen molar-refractivity contribution in [2.45, 2.75) is 4.90 Å². The summed E-state index contributed by atoms with van der Waals surface area (Å²) >= 11 is 1.33. The van der Waals surface area contributed by atoms with Crippen LogP contribution in [0, 0.1) is 0 Å². The number of thioether (sulfide) groups is 1. The molecule has 0 aromatic heterocycles. The van der Waals surface area contributed by atoms with Crippen LogP contribution in [0.3, 0.4) is 0 Å². The lowest BCUT2D eigenvalue weighted by atomic mass is 10.2. The van der Waals surface area contributed by atoms with Crippen LogP contribution in [0.1, 0.15) is 0 Å². The fourth-order valence-corrected chi connectivity index (χ4v) is 4.28. The minimum atomic E-state index is -0.232. The van der Waals surface area contributed by atoms with Crippen molar-refractivity contribution in [1.82, 2.24) is 4.90 Å². The van der Waals surface area contributed by atoms with Crippen LogP contribution in [0.25, 0.3) is 0 Å². The van der Waals surface area contributed by atoms with Gasteiger partial charge in [0.2, 0.25) is 5.91 Å². The summed E-state index contributed by atoms with van der Waals surface area (Å²) in [6.07, 6.45) is 1.45. The Kier molecular flexibility index (Phi) is 5.25. The van der Waals surface area contributed by atoms with E-state index in [9.17, 15) is 9.59 Å². The fraction of sp³-hybridized carbons (Fsp3) is 0.238. The highest BCUT2D eigenvalue weighted by Crippen LogP contribution is 2.37. The highest BCUT2D eigenvalue weighted by Gasteiger charge is 2.25. The molecule has 1 N–H and O–H groups in total. The van der Waals surface area contributed by atoms with Crippen LogP contribution in [0.15, 0.2) is 64.4 Å². The SMILES string of the molecule is COc1ccccc1N1CCN(C(=O)/C=C2\Sc3ccccc3NC2=O)CC1. The Bertz CT molecular complexity index is 936. The Labute approximate surface area is 168 Å². The topological polar surface area (TPSA) is 61.9 Å². The van der Waals surface area contributed by atoms with Gasteiger partial charge in [-0.3, -0.25) is 9.59 Å². The summed E-state index contributed by atoms with van der Waals surface area (Å²) in [5.74, 6) is 0.472. The van der Waals surface area contributed by atoms with Crippen molar-refractivity contribution in [3.63, 3.8) is 0 Å². The molecule has 2 heterocycles. The Hall–Kier alpha value is -2.93. The number of amides is 2. The standard InChI is InChI=1S/C21H21N3O3S/c1-27-17-8-4-3-7-16(17)23-10-12-24(13-11-23)20(25)14-19-21(26)22-15-6-2-5-9-18(15)28-19/h2-9,14H,10-13H2,1H3,(H,22,26)/b19-14-. The van der Waals surface area contributed by atoms with Gasteiger partial charge in [0, 0.05) is 37.2 Å². The van der Waals surface area contributed by atoms with Gasteiger partial charge in [-0.25, -0.2) is 0 Å². The van der Waals surface area contributed by atoms with Crippen LogP contribution in [0.2, 0.25) is 0 Å². The average Bonchev–Trinajstić information content (AvgIpc) is 2.74. The van der Waals surface area contributed by atoms with E-state index in [0.29, 0.717) is 18.0 Å². The minimum absolute atomic E-state index is 0.128. The van der Waals surface area contributed by atoms with Crippen molar-refractivity contribution in [2.75, 3.05) is 43.5 Å². The molecular weight excluding hydrogens is 374 g/mol. The maximum Gasteiger partial charge on any atom is 0.262 e. The van der Waals surface area contributed by atoms with Crippen molar-refractivity contribution in [1.29, 1.82) is 0 Å². The first-order valence-corrected chi connectivity index (χ1v) is 9.94. The molecule has 2 aromatic carbocycles. The number of nitrogens with zero attached hydrogens (tertiary/aromatic N) is 2. The normalized spacial score (nSPS) is 17.9. The molecule has 1 fully saturated rings. The van der Waals surface area contributed by atoms with E-state index in [1.165, 1.54) is 17.8 Å². The first kappa shape index (κ1) is 18.4. The number of carbonyl (C=O) groups is 2. The molecule has 2 aliphatic rings. The number of anilines is 2. The molecule has 0 bridgehead atoms. The fourth-order valence-electron chi connectivity index (χ4n) is 3.36.